The number of rotatable bonds is 3. The number of aromatic hydroxyl groups is 1. The Bertz CT molecular complexity index is 461. The molecule has 0 aromatic heterocycles. The Morgan fingerprint density at radius 1 is 1.44 bits per heavy atom. The third kappa shape index (κ3) is 2.80. The first-order chi connectivity index (χ1) is 7.34. The molecule has 0 aliphatic heterocycles. The monoisotopic (exact) mass is 415 g/mol. The van der Waals surface area contributed by atoms with E-state index in [1.807, 2.05) is 0 Å². The number of carbonyl (C=O) groups is 1. The number of benzene rings is 1. The number of Topliss-reactive ketones (excluding diaryl/α,β-unsaturated/α-hetero) is 1. The van der Waals surface area contributed by atoms with Crippen molar-refractivity contribution in [3.8, 4) is 5.75 Å². The molecule has 1 aromatic carbocycles. The lowest BCUT2D eigenvalue weighted by Crippen LogP contribution is -2.08. The van der Waals surface area contributed by atoms with Crippen molar-refractivity contribution >= 4 is 59.3 Å². The van der Waals surface area contributed by atoms with Crippen molar-refractivity contribution in [2.45, 2.75) is 3.74 Å². The summed E-state index contributed by atoms with van der Waals surface area (Å²) in [5, 5.41) is 20.2. The maximum Gasteiger partial charge on any atom is 0.312 e. The van der Waals surface area contributed by atoms with Gasteiger partial charge in [0.15, 0.2) is 5.78 Å². The number of ketones is 1. The van der Waals surface area contributed by atoms with Crippen LogP contribution in [0.25, 0.3) is 0 Å². The summed E-state index contributed by atoms with van der Waals surface area (Å²) in [6.07, 6.45) is 0. The molecular weight excluding hydrogens is 414 g/mol. The molecule has 0 aliphatic rings. The van der Waals surface area contributed by atoms with E-state index in [9.17, 15) is 20.0 Å². The van der Waals surface area contributed by atoms with E-state index in [4.69, 9.17) is 0 Å². The van der Waals surface area contributed by atoms with Crippen LogP contribution in [0.15, 0.2) is 16.6 Å². The highest BCUT2D eigenvalue weighted by Gasteiger charge is 2.25. The second-order valence-corrected chi connectivity index (χ2v) is 6.72. The van der Waals surface area contributed by atoms with E-state index in [-0.39, 0.29) is 5.56 Å². The number of nitro groups is 1. The zero-order chi connectivity index (χ0) is 12.5. The molecule has 5 nitrogen and oxygen atoms in total. The molecule has 0 fully saturated rings. The molecule has 1 N–H and O–H groups in total. The van der Waals surface area contributed by atoms with Crippen molar-refractivity contribution in [2.75, 3.05) is 0 Å². The minimum Gasteiger partial charge on any atom is -0.502 e. The summed E-state index contributed by atoms with van der Waals surface area (Å²) in [5.74, 6) is -1.14. The standard InChI is InChI=1S/C8H4Br3NO4/c9-3-1-4(7(14)8(10)11)6(13)5(2-3)12(15)16/h1-2,8,13H. The van der Waals surface area contributed by atoms with Gasteiger partial charge in [-0.2, -0.15) is 0 Å². The summed E-state index contributed by atoms with van der Waals surface area (Å²) in [4.78, 5) is 21.4. The third-order valence-corrected chi connectivity index (χ3v) is 3.00. The highest BCUT2D eigenvalue weighted by Crippen LogP contribution is 2.35. The number of nitro benzene ring substituents is 1. The molecule has 0 radical (unpaired) electrons. The van der Waals surface area contributed by atoms with E-state index < -0.39 is 25.9 Å². The average molecular weight is 418 g/mol. The SMILES string of the molecule is O=C(c1cc(Br)cc([N+](=O)[O-])c1O)C(Br)Br. The molecule has 0 spiro atoms. The minimum atomic E-state index is -0.756. The van der Waals surface area contributed by atoms with Crippen LogP contribution < -0.4 is 0 Å². The second kappa shape index (κ2) is 5.24. The van der Waals surface area contributed by atoms with E-state index >= 15 is 0 Å². The lowest BCUT2D eigenvalue weighted by molar-refractivity contribution is -0.386. The van der Waals surface area contributed by atoms with Gasteiger partial charge in [0.25, 0.3) is 0 Å². The molecule has 0 aliphatic carbocycles. The number of phenolic OH excluding ortho intramolecular Hbond substituents is 1. The van der Waals surface area contributed by atoms with Gasteiger partial charge in [-0.1, -0.05) is 47.8 Å². The number of carbonyl (C=O) groups excluding carboxylic acids is 1. The van der Waals surface area contributed by atoms with Gasteiger partial charge in [-0.25, -0.2) is 0 Å². The Hall–Kier alpha value is -0.470. The average Bonchev–Trinajstić information content (AvgIpc) is 2.19. The van der Waals surface area contributed by atoms with E-state index in [0.717, 1.165) is 6.07 Å². The molecule has 0 unspecified atom stereocenters. The van der Waals surface area contributed by atoms with Gasteiger partial charge in [0.2, 0.25) is 5.75 Å². The lowest BCUT2D eigenvalue weighted by atomic mass is 10.1. The summed E-state index contributed by atoms with van der Waals surface area (Å²) in [5.41, 5.74) is -0.641. The Morgan fingerprint density at radius 2 is 2.00 bits per heavy atom. The molecule has 1 rings (SSSR count). The van der Waals surface area contributed by atoms with Crippen molar-refractivity contribution in [1.29, 1.82) is 0 Å². The van der Waals surface area contributed by atoms with Crippen molar-refractivity contribution in [3.63, 3.8) is 0 Å². The van der Waals surface area contributed by atoms with Gasteiger partial charge in [0.05, 0.1) is 10.5 Å². The number of halogens is 3. The van der Waals surface area contributed by atoms with E-state index in [1.54, 1.807) is 0 Å². The number of nitrogens with zero attached hydrogens (tertiary/aromatic N) is 1. The Labute approximate surface area is 115 Å². The van der Waals surface area contributed by atoms with Crippen LogP contribution in [0.1, 0.15) is 10.4 Å². The van der Waals surface area contributed by atoms with E-state index in [1.165, 1.54) is 6.07 Å². The molecular formula is C8H4Br3NO4. The van der Waals surface area contributed by atoms with Crippen LogP contribution in [0.4, 0.5) is 5.69 Å². The first kappa shape index (κ1) is 13.6. The van der Waals surface area contributed by atoms with E-state index in [2.05, 4.69) is 47.8 Å². The smallest absolute Gasteiger partial charge is 0.312 e. The molecule has 8 heteroatoms. The fraction of sp³-hybridized carbons (Fsp3) is 0.125. The summed E-state index contributed by atoms with van der Waals surface area (Å²) in [6.45, 7) is 0. The largest absolute Gasteiger partial charge is 0.502 e. The molecule has 86 valence electrons. The highest BCUT2D eigenvalue weighted by atomic mass is 79.9. The number of phenols is 1. The maximum atomic E-state index is 11.6. The van der Waals surface area contributed by atoms with Gasteiger partial charge in [-0.05, 0) is 6.07 Å². The first-order valence-corrected chi connectivity index (χ1v) is 6.46. The van der Waals surface area contributed by atoms with Crippen LogP contribution >= 0.6 is 47.8 Å². The molecule has 0 saturated carbocycles. The van der Waals surface area contributed by atoms with Gasteiger partial charge in [0.1, 0.15) is 3.74 Å². The predicted molar refractivity (Wildman–Crippen MR) is 68.4 cm³/mol. The van der Waals surface area contributed by atoms with Crippen LogP contribution in [0.3, 0.4) is 0 Å². The molecule has 0 saturated heterocycles. The van der Waals surface area contributed by atoms with Crippen LogP contribution in [-0.4, -0.2) is 19.5 Å². The Morgan fingerprint density at radius 3 is 2.44 bits per heavy atom. The second-order valence-electron chi connectivity index (χ2n) is 2.74. The van der Waals surface area contributed by atoms with Crippen molar-refractivity contribution in [2.24, 2.45) is 0 Å². The number of hydrogen-bond donors (Lipinski definition) is 1. The quantitative estimate of drug-likeness (QED) is 0.354. The van der Waals surface area contributed by atoms with Gasteiger partial charge >= 0.3 is 5.69 Å². The normalized spacial score (nSPS) is 10.5. The zero-order valence-corrected chi connectivity index (χ0v) is 12.2. The van der Waals surface area contributed by atoms with Gasteiger partial charge < -0.3 is 5.11 Å². The number of hydrogen-bond acceptors (Lipinski definition) is 4. The fourth-order valence-electron chi connectivity index (χ4n) is 1.03. The fourth-order valence-corrected chi connectivity index (χ4v) is 1.97. The van der Waals surface area contributed by atoms with Gasteiger partial charge in [0, 0.05) is 10.5 Å². The van der Waals surface area contributed by atoms with Crippen molar-refractivity contribution in [1.82, 2.24) is 0 Å². The summed E-state index contributed by atoms with van der Waals surface area (Å²) in [7, 11) is 0. The van der Waals surface area contributed by atoms with Crippen molar-refractivity contribution in [3.05, 3.63) is 32.3 Å². The predicted octanol–water partition coefficient (Wildman–Crippen LogP) is 3.36. The van der Waals surface area contributed by atoms with Crippen LogP contribution in [0.5, 0.6) is 5.75 Å². The number of alkyl halides is 2. The summed E-state index contributed by atoms with van der Waals surface area (Å²) < 4.78 is -0.360. The van der Waals surface area contributed by atoms with Crippen LogP contribution in [-0.2, 0) is 0 Å². The molecule has 0 bridgehead atoms. The molecule has 0 atom stereocenters. The van der Waals surface area contributed by atoms with Gasteiger partial charge in [-0.15, -0.1) is 0 Å². The molecule has 16 heavy (non-hydrogen) atoms. The zero-order valence-electron chi connectivity index (χ0n) is 7.49. The van der Waals surface area contributed by atoms with Crippen molar-refractivity contribution < 1.29 is 14.8 Å². The van der Waals surface area contributed by atoms with Gasteiger partial charge in [-0.3, -0.25) is 14.9 Å². The molecule has 0 amide bonds. The van der Waals surface area contributed by atoms with E-state index in [0.29, 0.717) is 4.47 Å². The molecule has 1 aromatic rings. The highest BCUT2D eigenvalue weighted by molar-refractivity contribution is 9.25. The third-order valence-electron chi connectivity index (χ3n) is 1.71. The topological polar surface area (TPSA) is 80.4 Å². The Balaban J connectivity index is 3.41. The minimum absolute atomic E-state index is 0.125. The summed E-state index contributed by atoms with van der Waals surface area (Å²) >= 11 is 8.97. The lowest BCUT2D eigenvalue weighted by Gasteiger charge is -2.05. The van der Waals surface area contributed by atoms with Crippen LogP contribution in [0, 0.1) is 10.1 Å². The summed E-state index contributed by atoms with van der Waals surface area (Å²) in [6, 6.07) is 2.45. The van der Waals surface area contributed by atoms with Crippen LogP contribution in [0.2, 0.25) is 0 Å². The Kier molecular flexibility index (Phi) is 4.45. The first-order valence-electron chi connectivity index (χ1n) is 3.84. The molecule has 0 heterocycles. The maximum absolute atomic E-state index is 11.6.